The Morgan fingerprint density at radius 2 is 2.13 bits per heavy atom. The van der Waals surface area contributed by atoms with Crippen molar-refractivity contribution in [2.45, 2.75) is 6.42 Å². The minimum Gasteiger partial charge on any atom is -0.364 e. The summed E-state index contributed by atoms with van der Waals surface area (Å²) in [5.41, 5.74) is 8.16. The second-order valence-corrected chi connectivity index (χ2v) is 3.61. The Balaban J connectivity index is 2.45. The average molecular weight is 223 g/mol. The summed E-state index contributed by atoms with van der Waals surface area (Å²) in [7, 11) is 0. The molecule has 0 bridgehead atoms. The quantitative estimate of drug-likeness (QED) is 0.868. The summed E-state index contributed by atoms with van der Waals surface area (Å²) in [5.74, 6) is 0. The van der Waals surface area contributed by atoms with E-state index in [-0.39, 0.29) is 0 Å². The van der Waals surface area contributed by atoms with Gasteiger partial charge >= 0.3 is 0 Å². The van der Waals surface area contributed by atoms with Gasteiger partial charge in [0.05, 0.1) is 5.02 Å². The number of nitrogens with zero attached hydrogens (tertiary/aromatic N) is 1. The molecule has 0 aliphatic heterocycles. The summed E-state index contributed by atoms with van der Waals surface area (Å²) in [6.45, 7) is 0.568. The number of nitrogens with two attached hydrogens (primary N) is 1. The van der Waals surface area contributed by atoms with E-state index in [1.54, 1.807) is 6.26 Å². The molecule has 0 aliphatic rings. The summed E-state index contributed by atoms with van der Waals surface area (Å²) in [4.78, 5) is 0. The molecule has 0 unspecified atom stereocenters. The third-order valence-electron chi connectivity index (χ3n) is 2.19. The van der Waals surface area contributed by atoms with Gasteiger partial charge in [-0.05, 0) is 19.0 Å². The fourth-order valence-electron chi connectivity index (χ4n) is 1.47. The molecule has 2 aromatic rings. The molecule has 0 saturated heterocycles. The number of benzene rings is 1. The Bertz CT molecular complexity index is 453. The number of hydrogen-bond donors (Lipinski definition) is 1. The monoisotopic (exact) mass is 222 g/mol. The van der Waals surface area contributed by atoms with Gasteiger partial charge in [0.2, 0.25) is 0 Å². The maximum absolute atomic E-state index is 6.07. The first-order chi connectivity index (χ1) is 7.33. The molecule has 0 saturated carbocycles. The van der Waals surface area contributed by atoms with Crippen LogP contribution in [0.1, 0.15) is 5.56 Å². The largest absolute Gasteiger partial charge is 0.364 e. The van der Waals surface area contributed by atoms with E-state index in [1.165, 1.54) is 0 Å². The number of halogens is 1. The SMILES string of the molecule is NCCc1conc1-c1ccccc1Cl. The van der Waals surface area contributed by atoms with Crippen molar-refractivity contribution in [3.8, 4) is 11.3 Å². The summed E-state index contributed by atoms with van der Waals surface area (Å²) in [6.07, 6.45) is 2.36. The lowest BCUT2D eigenvalue weighted by Gasteiger charge is -2.01. The van der Waals surface area contributed by atoms with Gasteiger partial charge in [0, 0.05) is 11.1 Å². The molecule has 1 heterocycles. The maximum atomic E-state index is 6.07. The van der Waals surface area contributed by atoms with E-state index in [2.05, 4.69) is 5.16 Å². The number of aromatic nitrogens is 1. The van der Waals surface area contributed by atoms with Gasteiger partial charge in [0.1, 0.15) is 12.0 Å². The minimum absolute atomic E-state index is 0.568. The van der Waals surface area contributed by atoms with Crippen LogP contribution in [0.4, 0.5) is 0 Å². The molecule has 0 amide bonds. The van der Waals surface area contributed by atoms with E-state index in [4.69, 9.17) is 21.9 Å². The molecule has 0 radical (unpaired) electrons. The highest BCUT2D eigenvalue weighted by molar-refractivity contribution is 6.33. The van der Waals surface area contributed by atoms with Crippen molar-refractivity contribution in [1.82, 2.24) is 5.16 Å². The maximum Gasteiger partial charge on any atom is 0.127 e. The van der Waals surface area contributed by atoms with Crippen LogP contribution >= 0.6 is 11.6 Å². The Hall–Kier alpha value is -1.32. The van der Waals surface area contributed by atoms with E-state index in [1.807, 2.05) is 24.3 Å². The lowest BCUT2D eigenvalue weighted by atomic mass is 10.1. The molecule has 0 spiro atoms. The van der Waals surface area contributed by atoms with E-state index < -0.39 is 0 Å². The summed E-state index contributed by atoms with van der Waals surface area (Å²) >= 11 is 6.07. The van der Waals surface area contributed by atoms with Gasteiger partial charge in [-0.1, -0.05) is 35.0 Å². The molecule has 1 aromatic heterocycles. The molecule has 4 heteroatoms. The Kier molecular flexibility index (Phi) is 3.04. The molecule has 1 aromatic carbocycles. The summed E-state index contributed by atoms with van der Waals surface area (Å²) in [5, 5.41) is 4.62. The highest BCUT2D eigenvalue weighted by atomic mass is 35.5. The van der Waals surface area contributed by atoms with E-state index in [9.17, 15) is 0 Å². The van der Waals surface area contributed by atoms with Gasteiger partial charge in [0.15, 0.2) is 0 Å². The van der Waals surface area contributed by atoms with Crippen molar-refractivity contribution < 1.29 is 4.52 Å². The Morgan fingerprint density at radius 1 is 1.33 bits per heavy atom. The zero-order valence-corrected chi connectivity index (χ0v) is 8.87. The third-order valence-corrected chi connectivity index (χ3v) is 2.52. The van der Waals surface area contributed by atoms with Crippen LogP contribution in [0, 0.1) is 0 Å². The van der Waals surface area contributed by atoms with Crippen LogP contribution in [0.3, 0.4) is 0 Å². The van der Waals surface area contributed by atoms with Crippen LogP contribution in [0.15, 0.2) is 35.1 Å². The van der Waals surface area contributed by atoms with Gasteiger partial charge in [-0.2, -0.15) is 0 Å². The highest BCUT2D eigenvalue weighted by Gasteiger charge is 2.11. The molecule has 0 atom stereocenters. The first-order valence-electron chi connectivity index (χ1n) is 4.71. The summed E-state index contributed by atoms with van der Waals surface area (Å²) < 4.78 is 4.94. The minimum atomic E-state index is 0.568. The number of rotatable bonds is 3. The van der Waals surface area contributed by atoms with E-state index >= 15 is 0 Å². The number of hydrogen-bond acceptors (Lipinski definition) is 3. The molecular formula is C11H11ClN2O. The average Bonchev–Trinajstić information content (AvgIpc) is 2.67. The second-order valence-electron chi connectivity index (χ2n) is 3.21. The van der Waals surface area contributed by atoms with E-state index in [0.717, 1.165) is 23.2 Å². The smallest absolute Gasteiger partial charge is 0.127 e. The molecule has 3 nitrogen and oxygen atoms in total. The predicted octanol–water partition coefficient (Wildman–Crippen LogP) is 2.50. The first-order valence-corrected chi connectivity index (χ1v) is 5.09. The van der Waals surface area contributed by atoms with Crippen molar-refractivity contribution in [2.75, 3.05) is 6.54 Å². The van der Waals surface area contributed by atoms with Crippen molar-refractivity contribution in [3.63, 3.8) is 0 Å². The van der Waals surface area contributed by atoms with Crippen LogP contribution < -0.4 is 5.73 Å². The summed E-state index contributed by atoms with van der Waals surface area (Å²) in [6, 6.07) is 7.55. The van der Waals surface area contributed by atoms with Gasteiger partial charge < -0.3 is 10.3 Å². The molecule has 2 N–H and O–H groups in total. The first kappa shape index (κ1) is 10.2. The van der Waals surface area contributed by atoms with E-state index in [0.29, 0.717) is 11.6 Å². The second kappa shape index (κ2) is 4.47. The fourth-order valence-corrected chi connectivity index (χ4v) is 1.69. The fraction of sp³-hybridized carbons (Fsp3) is 0.182. The van der Waals surface area contributed by atoms with Crippen LogP contribution in [0.2, 0.25) is 5.02 Å². The molecular weight excluding hydrogens is 212 g/mol. The van der Waals surface area contributed by atoms with Crippen molar-refractivity contribution in [1.29, 1.82) is 0 Å². The molecule has 0 fully saturated rings. The zero-order valence-electron chi connectivity index (χ0n) is 8.11. The van der Waals surface area contributed by atoms with Crippen LogP contribution in [0.5, 0.6) is 0 Å². The topological polar surface area (TPSA) is 52.0 Å². The van der Waals surface area contributed by atoms with Gasteiger partial charge in [-0.25, -0.2) is 0 Å². The van der Waals surface area contributed by atoms with Crippen LogP contribution in [-0.2, 0) is 6.42 Å². The normalized spacial score (nSPS) is 10.5. The van der Waals surface area contributed by atoms with Crippen molar-refractivity contribution in [2.24, 2.45) is 5.73 Å². The Morgan fingerprint density at radius 3 is 2.87 bits per heavy atom. The lowest BCUT2D eigenvalue weighted by Crippen LogP contribution is -2.02. The van der Waals surface area contributed by atoms with Gasteiger partial charge in [0.25, 0.3) is 0 Å². The molecule has 78 valence electrons. The van der Waals surface area contributed by atoms with Crippen LogP contribution in [-0.4, -0.2) is 11.7 Å². The molecule has 2 rings (SSSR count). The van der Waals surface area contributed by atoms with Crippen molar-refractivity contribution >= 4 is 11.6 Å². The van der Waals surface area contributed by atoms with Crippen LogP contribution in [0.25, 0.3) is 11.3 Å². The molecule has 0 aliphatic carbocycles. The lowest BCUT2D eigenvalue weighted by molar-refractivity contribution is 0.421. The predicted molar refractivity (Wildman–Crippen MR) is 59.7 cm³/mol. The standard InChI is InChI=1S/C11H11ClN2O/c12-10-4-2-1-3-9(10)11-8(5-6-13)7-15-14-11/h1-4,7H,5-6,13H2. The Labute approximate surface area is 92.8 Å². The third kappa shape index (κ3) is 2.03. The molecule has 15 heavy (non-hydrogen) atoms. The highest BCUT2D eigenvalue weighted by Crippen LogP contribution is 2.28. The van der Waals surface area contributed by atoms with Crippen molar-refractivity contribution in [3.05, 3.63) is 41.1 Å². The van der Waals surface area contributed by atoms with Gasteiger partial charge in [-0.15, -0.1) is 0 Å². The van der Waals surface area contributed by atoms with Gasteiger partial charge in [-0.3, -0.25) is 0 Å². The zero-order chi connectivity index (χ0) is 10.7.